The van der Waals surface area contributed by atoms with Crippen LogP contribution in [0.15, 0.2) is 48.8 Å². The Morgan fingerprint density at radius 1 is 1.22 bits per heavy atom. The molecule has 116 valence electrons. The standard InChI is InChI=1S/C18H19N5/c1-3-12(2)21-17-6-7-18-20-11-16(23(18)22-17)14-4-5-15-13(10-14)8-9-19-15/h4-12,19H,3H2,1-2H3,(H,21,22). The second-order valence-corrected chi connectivity index (χ2v) is 5.87. The van der Waals surface area contributed by atoms with Crippen LogP contribution in [0.5, 0.6) is 0 Å². The van der Waals surface area contributed by atoms with E-state index >= 15 is 0 Å². The van der Waals surface area contributed by atoms with E-state index in [1.165, 1.54) is 5.39 Å². The van der Waals surface area contributed by atoms with Crippen LogP contribution in [0.4, 0.5) is 5.82 Å². The monoisotopic (exact) mass is 305 g/mol. The van der Waals surface area contributed by atoms with Crippen LogP contribution in [-0.4, -0.2) is 25.6 Å². The van der Waals surface area contributed by atoms with Crippen molar-refractivity contribution in [2.24, 2.45) is 0 Å². The molecule has 0 aliphatic heterocycles. The summed E-state index contributed by atoms with van der Waals surface area (Å²) in [7, 11) is 0. The van der Waals surface area contributed by atoms with Gasteiger partial charge >= 0.3 is 0 Å². The molecule has 5 nitrogen and oxygen atoms in total. The highest BCUT2D eigenvalue weighted by Crippen LogP contribution is 2.24. The summed E-state index contributed by atoms with van der Waals surface area (Å²) < 4.78 is 1.90. The maximum atomic E-state index is 4.70. The Morgan fingerprint density at radius 2 is 2.13 bits per heavy atom. The number of benzene rings is 1. The molecule has 0 bridgehead atoms. The summed E-state index contributed by atoms with van der Waals surface area (Å²) in [6.45, 7) is 4.31. The average molecular weight is 305 g/mol. The number of anilines is 1. The molecule has 0 aliphatic rings. The van der Waals surface area contributed by atoms with Crippen LogP contribution in [-0.2, 0) is 0 Å². The van der Waals surface area contributed by atoms with Gasteiger partial charge in [-0.05, 0) is 43.7 Å². The van der Waals surface area contributed by atoms with Crippen LogP contribution in [0.2, 0.25) is 0 Å². The van der Waals surface area contributed by atoms with Crippen LogP contribution >= 0.6 is 0 Å². The van der Waals surface area contributed by atoms with Crippen LogP contribution in [0.1, 0.15) is 20.3 Å². The summed E-state index contributed by atoms with van der Waals surface area (Å²) >= 11 is 0. The van der Waals surface area contributed by atoms with Crippen molar-refractivity contribution in [2.45, 2.75) is 26.3 Å². The van der Waals surface area contributed by atoms with Crippen molar-refractivity contribution >= 4 is 22.4 Å². The third kappa shape index (κ3) is 2.44. The number of aromatic nitrogens is 4. The van der Waals surface area contributed by atoms with Crippen LogP contribution in [0.25, 0.3) is 27.8 Å². The van der Waals surface area contributed by atoms with Crippen LogP contribution < -0.4 is 5.32 Å². The Morgan fingerprint density at radius 3 is 3.00 bits per heavy atom. The van der Waals surface area contributed by atoms with Crippen molar-refractivity contribution in [1.29, 1.82) is 0 Å². The van der Waals surface area contributed by atoms with E-state index in [0.29, 0.717) is 6.04 Å². The van der Waals surface area contributed by atoms with E-state index in [0.717, 1.165) is 34.7 Å². The fourth-order valence-electron chi connectivity index (χ4n) is 2.71. The van der Waals surface area contributed by atoms with E-state index in [1.807, 2.05) is 29.0 Å². The van der Waals surface area contributed by atoms with E-state index in [4.69, 9.17) is 5.10 Å². The topological polar surface area (TPSA) is 58.0 Å². The molecular weight excluding hydrogens is 286 g/mol. The third-order valence-electron chi connectivity index (χ3n) is 4.22. The number of hydrogen-bond donors (Lipinski definition) is 2. The minimum absolute atomic E-state index is 0.392. The SMILES string of the molecule is CCC(C)Nc1ccc2ncc(-c3ccc4[nH]ccc4c3)n2n1. The number of fused-ring (bicyclic) bond motifs is 2. The number of nitrogens with one attached hydrogen (secondary N) is 2. The van der Waals surface area contributed by atoms with Crippen molar-refractivity contribution in [3.05, 3.63) is 48.8 Å². The molecule has 1 aromatic carbocycles. The number of rotatable bonds is 4. The Hall–Kier alpha value is -2.82. The maximum Gasteiger partial charge on any atom is 0.154 e. The summed E-state index contributed by atoms with van der Waals surface area (Å²) in [6, 6.07) is 12.8. The first-order valence-electron chi connectivity index (χ1n) is 7.93. The fourth-order valence-corrected chi connectivity index (χ4v) is 2.71. The summed E-state index contributed by atoms with van der Waals surface area (Å²) in [5.74, 6) is 0.869. The lowest BCUT2D eigenvalue weighted by Gasteiger charge is -2.12. The molecule has 3 heterocycles. The van der Waals surface area contributed by atoms with Gasteiger partial charge in [0.15, 0.2) is 5.65 Å². The van der Waals surface area contributed by atoms with Gasteiger partial charge in [-0.25, -0.2) is 9.50 Å². The van der Waals surface area contributed by atoms with Crippen LogP contribution in [0.3, 0.4) is 0 Å². The van der Waals surface area contributed by atoms with Gasteiger partial charge in [0.1, 0.15) is 5.82 Å². The minimum atomic E-state index is 0.392. The second-order valence-electron chi connectivity index (χ2n) is 5.87. The first-order valence-corrected chi connectivity index (χ1v) is 7.93. The van der Waals surface area contributed by atoms with E-state index in [1.54, 1.807) is 0 Å². The van der Waals surface area contributed by atoms with E-state index in [9.17, 15) is 0 Å². The second kappa shape index (κ2) is 5.43. The van der Waals surface area contributed by atoms with Crippen molar-refractivity contribution in [3.8, 4) is 11.3 Å². The van der Waals surface area contributed by atoms with Gasteiger partial charge in [-0.3, -0.25) is 0 Å². The van der Waals surface area contributed by atoms with Gasteiger partial charge in [0.25, 0.3) is 0 Å². The third-order valence-corrected chi connectivity index (χ3v) is 4.22. The van der Waals surface area contributed by atoms with E-state index in [-0.39, 0.29) is 0 Å². The van der Waals surface area contributed by atoms with E-state index < -0.39 is 0 Å². The Balaban J connectivity index is 1.80. The predicted molar refractivity (Wildman–Crippen MR) is 93.7 cm³/mol. The van der Waals surface area contributed by atoms with Gasteiger partial charge in [0, 0.05) is 28.7 Å². The number of H-pyrrole nitrogens is 1. The molecule has 3 aromatic heterocycles. The highest BCUT2D eigenvalue weighted by molar-refractivity contribution is 5.84. The normalized spacial score (nSPS) is 12.8. The lowest BCUT2D eigenvalue weighted by molar-refractivity contribution is 0.752. The van der Waals surface area contributed by atoms with Crippen molar-refractivity contribution < 1.29 is 0 Å². The van der Waals surface area contributed by atoms with E-state index in [2.05, 4.69) is 53.4 Å². The maximum absolute atomic E-state index is 4.70. The quantitative estimate of drug-likeness (QED) is 0.597. The highest BCUT2D eigenvalue weighted by atomic mass is 15.3. The molecule has 1 unspecified atom stereocenters. The fraction of sp³-hybridized carbons (Fsp3) is 0.222. The molecule has 5 heteroatoms. The van der Waals surface area contributed by atoms with Gasteiger partial charge in [0.05, 0.1) is 11.9 Å². The lowest BCUT2D eigenvalue weighted by atomic mass is 10.1. The molecule has 0 saturated heterocycles. The highest BCUT2D eigenvalue weighted by Gasteiger charge is 2.09. The molecule has 23 heavy (non-hydrogen) atoms. The lowest BCUT2D eigenvalue weighted by Crippen LogP contribution is -2.15. The molecule has 4 aromatic rings. The summed E-state index contributed by atoms with van der Waals surface area (Å²) in [5.41, 5.74) is 4.09. The smallest absolute Gasteiger partial charge is 0.154 e. The largest absolute Gasteiger partial charge is 0.366 e. The molecule has 0 radical (unpaired) electrons. The summed E-state index contributed by atoms with van der Waals surface area (Å²) in [4.78, 5) is 7.69. The number of nitrogens with zero attached hydrogens (tertiary/aromatic N) is 3. The van der Waals surface area contributed by atoms with Crippen molar-refractivity contribution in [3.63, 3.8) is 0 Å². The van der Waals surface area contributed by atoms with Gasteiger partial charge < -0.3 is 10.3 Å². The van der Waals surface area contributed by atoms with Crippen molar-refractivity contribution in [1.82, 2.24) is 19.6 Å². The zero-order valence-corrected chi connectivity index (χ0v) is 13.2. The molecule has 2 N–H and O–H groups in total. The molecule has 0 amide bonds. The summed E-state index contributed by atoms with van der Waals surface area (Å²) in [5, 5.41) is 9.30. The zero-order valence-electron chi connectivity index (χ0n) is 13.2. The van der Waals surface area contributed by atoms with Crippen molar-refractivity contribution in [2.75, 3.05) is 5.32 Å². The first kappa shape index (κ1) is 13.8. The van der Waals surface area contributed by atoms with Gasteiger partial charge in [0.2, 0.25) is 0 Å². The molecular formula is C18H19N5. The predicted octanol–water partition coefficient (Wildman–Crippen LogP) is 4.09. The summed E-state index contributed by atoms with van der Waals surface area (Å²) in [6.07, 6.45) is 4.89. The molecule has 0 aliphatic carbocycles. The Kier molecular flexibility index (Phi) is 3.26. The molecule has 0 fully saturated rings. The molecule has 1 atom stereocenters. The minimum Gasteiger partial charge on any atom is -0.366 e. The molecule has 0 spiro atoms. The Labute approximate surface area is 134 Å². The van der Waals surface area contributed by atoms with Gasteiger partial charge in [-0.15, -0.1) is 5.10 Å². The van der Waals surface area contributed by atoms with Gasteiger partial charge in [-0.1, -0.05) is 13.0 Å². The number of imidazole rings is 1. The molecule has 4 rings (SSSR count). The van der Waals surface area contributed by atoms with Gasteiger partial charge in [-0.2, -0.15) is 0 Å². The number of aromatic amines is 1. The zero-order chi connectivity index (χ0) is 15.8. The Bertz CT molecular complexity index is 966. The number of hydrogen-bond acceptors (Lipinski definition) is 3. The average Bonchev–Trinajstić information content (AvgIpc) is 3.20. The molecule has 0 saturated carbocycles. The first-order chi connectivity index (χ1) is 11.2. The van der Waals surface area contributed by atoms with Crippen LogP contribution in [0, 0.1) is 0 Å².